The zero-order valence-corrected chi connectivity index (χ0v) is 23.6. The molecule has 11 heteroatoms. The number of hydrogen-bond donors (Lipinski definition) is 2. The molecule has 0 spiro atoms. The lowest BCUT2D eigenvalue weighted by atomic mass is 9.84. The first-order valence-corrected chi connectivity index (χ1v) is 13.8. The maximum Gasteiger partial charge on any atom is 0.257 e. The number of anilines is 1. The number of morpholine rings is 1. The number of rotatable bonds is 10. The van der Waals surface area contributed by atoms with Crippen molar-refractivity contribution in [2.75, 3.05) is 45.3 Å². The predicted molar refractivity (Wildman–Crippen MR) is 156 cm³/mol. The number of hydrogen-bond acceptors (Lipinski definition) is 7. The summed E-state index contributed by atoms with van der Waals surface area (Å²) in [5, 5.41) is 5.72. The minimum atomic E-state index is -1.46. The van der Waals surface area contributed by atoms with Gasteiger partial charge in [-0.3, -0.25) is 14.5 Å². The normalized spacial score (nSPS) is 19.2. The molecule has 2 amide bonds. The Kier molecular flexibility index (Phi) is 8.87. The lowest BCUT2D eigenvalue weighted by Gasteiger charge is -2.36. The second-order valence-corrected chi connectivity index (χ2v) is 10.4. The second kappa shape index (κ2) is 12.7. The van der Waals surface area contributed by atoms with Crippen LogP contribution in [0, 0.1) is 5.82 Å². The van der Waals surface area contributed by atoms with Gasteiger partial charge in [-0.1, -0.05) is 36.4 Å². The van der Waals surface area contributed by atoms with Crippen LogP contribution in [0.5, 0.6) is 5.75 Å². The Morgan fingerprint density at radius 3 is 2.46 bits per heavy atom. The largest absolute Gasteiger partial charge is 0.495 e. The number of carbonyl (C=O) groups excluding carboxylic acids is 2. The van der Waals surface area contributed by atoms with Crippen LogP contribution in [0.15, 0.2) is 66.9 Å². The van der Waals surface area contributed by atoms with E-state index in [9.17, 15) is 14.0 Å². The van der Waals surface area contributed by atoms with Crippen LogP contribution in [0.25, 0.3) is 0 Å². The van der Waals surface area contributed by atoms with Crippen LogP contribution in [0.4, 0.5) is 10.2 Å². The van der Waals surface area contributed by atoms with Crippen molar-refractivity contribution in [3.63, 3.8) is 0 Å². The molecule has 2 aliphatic heterocycles. The molecule has 5 rings (SSSR count). The summed E-state index contributed by atoms with van der Waals surface area (Å²) in [6, 6.07) is 17.3. The number of halogens is 1. The number of carbonyl (C=O) groups is 2. The molecule has 214 valence electrons. The van der Waals surface area contributed by atoms with Gasteiger partial charge in [-0.2, -0.15) is 0 Å². The molecule has 1 aromatic heterocycles. The fourth-order valence-electron chi connectivity index (χ4n) is 5.21. The van der Waals surface area contributed by atoms with Crippen molar-refractivity contribution in [1.29, 1.82) is 0 Å². The number of nitrogens with zero attached hydrogens (tertiary/aromatic N) is 3. The van der Waals surface area contributed by atoms with Crippen LogP contribution < -0.4 is 15.4 Å². The monoisotopic (exact) mass is 577 g/mol. The summed E-state index contributed by atoms with van der Waals surface area (Å²) in [6.07, 6.45) is 1.82. The number of pyridine rings is 1. The van der Waals surface area contributed by atoms with E-state index in [4.69, 9.17) is 21.7 Å². The molecular weight excluding hydrogens is 545 g/mol. The zero-order chi connectivity index (χ0) is 28.8. The van der Waals surface area contributed by atoms with Crippen LogP contribution in [0.2, 0.25) is 0 Å². The van der Waals surface area contributed by atoms with Crippen molar-refractivity contribution < 1.29 is 23.5 Å². The van der Waals surface area contributed by atoms with E-state index in [2.05, 4.69) is 44.8 Å². The molecule has 3 aromatic rings. The number of methoxy groups -OCH3 is 1. The first-order valence-electron chi connectivity index (χ1n) is 13.4. The van der Waals surface area contributed by atoms with Crippen LogP contribution in [0.3, 0.4) is 0 Å². The lowest BCUT2D eigenvalue weighted by Crippen LogP contribution is -2.50. The molecule has 2 fully saturated rings. The highest BCUT2D eigenvalue weighted by atomic mass is 32.1. The summed E-state index contributed by atoms with van der Waals surface area (Å²) in [7, 11) is 1.53. The summed E-state index contributed by atoms with van der Waals surface area (Å²) in [6.45, 7) is 4.58. The molecule has 1 atom stereocenters. The fraction of sp³-hybridized carbons (Fsp3) is 0.333. The Labute approximate surface area is 243 Å². The first kappa shape index (κ1) is 28.6. The standard InChI is InChI=1S/C30H32FN5O4S/c1-39-25-10-11-26(32-19-25)33-27(37)18-30(23-6-8-24(31)9-7-23)28(38)34-29(41)36(30)13-12-21-2-4-22(5-3-21)20-35-14-16-40-17-15-35/h2-11,19H,12-18,20H2,1H3,(H,32,33,37)(H,34,38,41). The summed E-state index contributed by atoms with van der Waals surface area (Å²) in [4.78, 5) is 35.2. The van der Waals surface area contributed by atoms with Crippen molar-refractivity contribution in [2.24, 2.45) is 0 Å². The third kappa shape index (κ3) is 6.53. The topological polar surface area (TPSA) is 96.0 Å². The molecule has 2 saturated heterocycles. The summed E-state index contributed by atoms with van der Waals surface area (Å²) < 4.78 is 24.4. The van der Waals surface area contributed by atoms with E-state index in [1.807, 2.05) is 0 Å². The van der Waals surface area contributed by atoms with E-state index >= 15 is 0 Å². The maximum atomic E-state index is 13.9. The Morgan fingerprint density at radius 2 is 1.80 bits per heavy atom. The highest BCUT2D eigenvalue weighted by Crippen LogP contribution is 2.37. The number of aromatic nitrogens is 1. The number of amides is 2. The number of ether oxygens (including phenoxy) is 2. The van der Waals surface area contributed by atoms with Crippen molar-refractivity contribution in [2.45, 2.75) is 24.9 Å². The molecule has 2 aliphatic rings. The van der Waals surface area contributed by atoms with Crippen molar-refractivity contribution in [3.8, 4) is 5.75 Å². The fourth-order valence-corrected chi connectivity index (χ4v) is 5.55. The van der Waals surface area contributed by atoms with Gasteiger partial charge < -0.3 is 25.0 Å². The van der Waals surface area contributed by atoms with Crippen LogP contribution in [-0.2, 0) is 32.8 Å². The van der Waals surface area contributed by atoms with Gasteiger partial charge in [-0.25, -0.2) is 9.37 Å². The van der Waals surface area contributed by atoms with Gasteiger partial charge in [0.1, 0.15) is 17.4 Å². The van der Waals surface area contributed by atoms with Gasteiger partial charge in [0.15, 0.2) is 10.7 Å². The minimum Gasteiger partial charge on any atom is -0.495 e. The van der Waals surface area contributed by atoms with E-state index in [1.54, 1.807) is 17.0 Å². The maximum absolute atomic E-state index is 13.9. The highest BCUT2D eigenvalue weighted by Gasteiger charge is 2.53. The van der Waals surface area contributed by atoms with Gasteiger partial charge in [0.05, 0.1) is 32.9 Å². The van der Waals surface area contributed by atoms with Gasteiger partial charge in [-0.05, 0) is 59.6 Å². The van der Waals surface area contributed by atoms with E-state index in [-0.39, 0.29) is 11.5 Å². The number of nitrogens with one attached hydrogen (secondary N) is 2. The predicted octanol–water partition coefficient (Wildman–Crippen LogP) is 3.25. The SMILES string of the molecule is COc1ccc(NC(=O)CC2(c3ccc(F)cc3)C(=O)NC(=S)N2CCc2ccc(CN3CCOCC3)cc2)nc1. The third-order valence-electron chi connectivity index (χ3n) is 7.44. The number of thiocarbonyl (C=S) groups is 1. The van der Waals surface area contributed by atoms with Crippen LogP contribution in [-0.4, -0.2) is 71.7 Å². The Morgan fingerprint density at radius 1 is 1.10 bits per heavy atom. The third-order valence-corrected chi connectivity index (χ3v) is 7.76. The molecule has 0 saturated carbocycles. The molecule has 41 heavy (non-hydrogen) atoms. The number of benzene rings is 2. The summed E-state index contributed by atoms with van der Waals surface area (Å²) in [5.41, 5.74) is 1.29. The lowest BCUT2D eigenvalue weighted by molar-refractivity contribution is -0.131. The van der Waals surface area contributed by atoms with Crippen LogP contribution in [0.1, 0.15) is 23.1 Å². The Bertz CT molecular complexity index is 1380. The van der Waals surface area contributed by atoms with E-state index in [0.29, 0.717) is 30.1 Å². The second-order valence-electron chi connectivity index (χ2n) is 10.0. The van der Waals surface area contributed by atoms with Crippen molar-refractivity contribution in [3.05, 3.63) is 89.4 Å². The smallest absolute Gasteiger partial charge is 0.257 e. The Hall–Kier alpha value is -3.93. The average Bonchev–Trinajstić information content (AvgIpc) is 3.22. The Balaban J connectivity index is 1.35. The summed E-state index contributed by atoms with van der Waals surface area (Å²) >= 11 is 5.58. The average molecular weight is 578 g/mol. The van der Waals surface area contributed by atoms with Crippen LogP contribution >= 0.6 is 12.2 Å². The minimum absolute atomic E-state index is 0.221. The molecule has 3 heterocycles. The molecule has 0 aliphatic carbocycles. The molecule has 0 radical (unpaired) electrons. The molecule has 1 unspecified atom stereocenters. The zero-order valence-electron chi connectivity index (χ0n) is 22.8. The van der Waals surface area contributed by atoms with Gasteiger partial charge in [-0.15, -0.1) is 0 Å². The highest BCUT2D eigenvalue weighted by molar-refractivity contribution is 7.80. The van der Waals surface area contributed by atoms with E-state index in [1.165, 1.54) is 43.1 Å². The van der Waals surface area contributed by atoms with Gasteiger partial charge >= 0.3 is 0 Å². The van der Waals surface area contributed by atoms with Gasteiger partial charge in [0, 0.05) is 26.2 Å². The van der Waals surface area contributed by atoms with Crippen molar-refractivity contribution in [1.82, 2.24) is 20.1 Å². The van der Waals surface area contributed by atoms with E-state index in [0.717, 1.165) is 38.4 Å². The molecule has 9 nitrogen and oxygen atoms in total. The van der Waals surface area contributed by atoms with Crippen molar-refractivity contribution >= 4 is 35.0 Å². The van der Waals surface area contributed by atoms with E-state index < -0.39 is 23.2 Å². The van der Waals surface area contributed by atoms with Gasteiger partial charge in [0.25, 0.3) is 5.91 Å². The molecule has 2 N–H and O–H groups in total. The first-order chi connectivity index (χ1) is 19.9. The van der Waals surface area contributed by atoms with Gasteiger partial charge in [0.2, 0.25) is 5.91 Å². The summed E-state index contributed by atoms with van der Waals surface area (Å²) in [5.74, 6) is -0.459. The molecule has 0 bridgehead atoms. The molecule has 2 aromatic carbocycles. The quantitative estimate of drug-likeness (QED) is 0.355. The molecular formula is C30H32FN5O4S.